The third-order valence-corrected chi connectivity index (χ3v) is 4.84. The summed E-state index contributed by atoms with van der Waals surface area (Å²) < 4.78 is 2.23. The molecular formula is C20H22N4O. The van der Waals surface area contributed by atoms with Gasteiger partial charge in [-0.2, -0.15) is 0 Å². The molecular weight excluding hydrogens is 312 g/mol. The van der Waals surface area contributed by atoms with E-state index >= 15 is 0 Å². The number of nitrogens with zero attached hydrogens (tertiary/aromatic N) is 3. The van der Waals surface area contributed by atoms with Crippen molar-refractivity contribution in [1.82, 2.24) is 14.5 Å². The Bertz CT molecular complexity index is 887. The second kappa shape index (κ2) is 6.59. The molecule has 2 amide bonds. The first-order chi connectivity index (χ1) is 12.3. The molecule has 1 atom stereocenters. The number of aryl methyl sites for hydroxylation is 1. The molecule has 0 bridgehead atoms. The van der Waals surface area contributed by atoms with Gasteiger partial charge in [-0.05, 0) is 44.0 Å². The molecule has 2 heterocycles. The highest BCUT2D eigenvalue weighted by Gasteiger charge is 2.33. The molecule has 3 aromatic rings. The number of hydrogen-bond donors (Lipinski definition) is 1. The molecule has 1 fully saturated rings. The van der Waals surface area contributed by atoms with Crippen LogP contribution in [-0.2, 0) is 6.54 Å². The number of anilines is 1. The molecule has 0 spiro atoms. The van der Waals surface area contributed by atoms with Crippen LogP contribution in [0.2, 0.25) is 0 Å². The first-order valence-corrected chi connectivity index (χ1v) is 8.85. The normalized spacial score (nSPS) is 17.2. The fourth-order valence-electron chi connectivity index (χ4n) is 3.68. The summed E-state index contributed by atoms with van der Waals surface area (Å²) in [6, 6.07) is 17.8. The van der Waals surface area contributed by atoms with Crippen molar-refractivity contribution in [1.29, 1.82) is 0 Å². The minimum absolute atomic E-state index is 0.0241. The maximum atomic E-state index is 12.8. The van der Waals surface area contributed by atoms with E-state index < -0.39 is 0 Å². The number of fused-ring (bicyclic) bond motifs is 1. The number of amides is 2. The number of para-hydroxylation sites is 3. The summed E-state index contributed by atoms with van der Waals surface area (Å²) in [5, 5.41) is 3.00. The van der Waals surface area contributed by atoms with E-state index in [9.17, 15) is 4.79 Å². The molecule has 128 valence electrons. The Morgan fingerprint density at radius 1 is 1.16 bits per heavy atom. The minimum atomic E-state index is -0.0524. The van der Waals surface area contributed by atoms with Crippen LogP contribution in [0.3, 0.4) is 0 Å². The van der Waals surface area contributed by atoms with E-state index in [0.29, 0.717) is 0 Å². The average molecular weight is 334 g/mol. The second-order valence-corrected chi connectivity index (χ2v) is 6.35. The largest absolute Gasteiger partial charge is 0.327 e. The molecule has 1 N–H and O–H groups in total. The summed E-state index contributed by atoms with van der Waals surface area (Å²) in [5.74, 6) is 0.990. The lowest BCUT2D eigenvalue weighted by Crippen LogP contribution is -2.35. The third-order valence-electron chi connectivity index (χ3n) is 4.84. The molecule has 4 rings (SSSR count). The zero-order valence-electron chi connectivity index (χ0n) is 14.4. The number of imidazole rings is 1. The Balaban J connectivity index is 1.64. The number of likely N-dealkylation sites (tertiary alicyclic amines) is 1. The summed E-state index contributed by atoms with van der Waals surface area (Å²) in [5.41, 5.74) is 2.95. The van der Waals surface area contributed by atoms with Crippen LogP contribution in [0.1, 0.15) is 31.6 Å². The number of carbonyl (C=O) groups excluding carboxylic acids is 1. The molecule has 25 heavy (non-hydrogen) atoms. The number of rotatable bonds is 3. The Hall–Kier alpha value is -2.82. The number of nitrogens with one attached hydrogen (secondary N) is 1. The Kier molecular flexibility index (Phi) is 4.14. The van der Waals surface area contributed by atoms with Crippen LogP contribution in [0.25, 0.3) is 11.0 Å². The minimum Gasteiger partial charge on any atom is -0.327 e. The summed E-state index contributed by atoms with van der Waals surface area (Å²) in [6.45, 7) is 3.73. The molecule has 0 aliphatic carbocycles. The molecule has 5 heteroatoms. The number of benzene rings is 2. The van der Waals surface area contributed by atoms with Gasteiger partial charge in [0, 0.05) is 18.8 Å². The summed E-state index contributed by atoms with van der Waals surface area (Å²) in [6.07, 6.45) is 1.95. The molecule has 2 aromatic carbocycles. The lowest BCUT2D eigenvalue weighted by Gasteiger charge is -2.25. The van der Waals surface area contributed by atoms with E-state index in [2.05, 4.69) is 22.9 Å². The summed E-state index contributed by atoms with van der Waals surface area (Å²) >= 11 is 0. The van der Waals surface area contributed by atoms with Crippen LogP contribution >= 0.6 is 0 Å². The van der Waals surface area contributed by atoms with Gasteiger partial charge in [-0.25, -0.2) is 9.78 Å². The lowest BCUT2D eigenvalue weighted by molar-refractivity contribution is 0.204. The van der Waals surface area contributed by atoms with E-state index in [-0.39, 0.29) is 12.1 Å². The van der Waals surface area contributed by atoms with Crippen LogP contribution in [0.4, 0.5) is 10.5 Å². The first-order valence-electron chi connectivity index (χ1n) is 8.85. The van der Waals surface area contributed by atoms with Crippen molar-refractivity contribution in [2.75, 3.05) is 11.9 Å². The predicted molar refractivity (Wildman–Crippen MR) is 99.5 cm³/mol. The number of urea groups is 1. The number of carbonyl (C=O) groups is 1. The molecule has 1 saturated heterocycles. The Labute approximate surface area is 147 Å². The van der Waals surface area contributed by atoms with Gasteiger partial charge < -0.3 is 14.8 Å². The van der Waals surface area contributed by atoms with Crippen LogP contribution in [0, 0.1) is 0 Å². The van der Waals surface area contributed by atoms with Crippen molar-refractivity contribution < 1.29 is 4.79 Å². The van der Waals surface area contributed by atoms with E-state index in [4.69, 9.17) is 4.98 Å². The second-order valence-electron chi connectivity index (χ2n) is 6.35. The van der Waals surface area contributed by atoms with Gasteiger partial charge in [0.15, 0.2) is 0 Å². The lowest BCUT2D eigenvalue weighted by atomic mass is 10.2. The highest BCUT2D eigenvalue weighted by molar-refractivity contribution is 5.89. The van der Waals surface area contributed by atoms with Crippen molar-refractivity contribution >= 4 is 22.8 Å². The van der Waals surface area contributed by atoms with Crippen molar-refractivity contribution in [3.8, 4) is 0 Å². The fraction of sp³-hybridized carbons (Fsp3) is 0.300. The highest BCUT2D eigenvalue weighted by atomic mass is 16.2. The maximum absolute atomic E-state index is 12.8. The monoisotopic (exact) mass is 334 g/mol. The Morgan fingerprint density at radius 3 is 2.72 bits per heavy atom. The molecule has 1 unspecified atom stereocenters. The third kappa shape index (κ3) is 2.86. The van der Waals surface area contributed by atoms with Gasteiger partial charge in [-0.3, -0.25) is 0 Å². The van der Waals surface area contributed by atoms with Gasteiger partial charge in [0.1, 0.15) is 5.82 Å². The van der Waals surface area contributed by atoms with Gasteiger partial charge in [0.25, 0.3) is 0 Å². The van der Waals surface area contributed by atoms with Crippen LogP contribution < -0.4 is 5.32 Å². The van der Waals surface area contributed by atoms with E-state index in [1.165, 1.54) is 0 Å². The maximum Gasteiger partial charge on any atom is 0.322 e. The number of hydrogen-bond acceptors (Lipinski definition) is 2. The molecule has 1 aliphatic rings. The molecule has 0 saturated carbocycles. The van der Waals surface area contributed by atoms with Gasteiger partial charge in [0.2, 0.25) is 0 Å². The van der Waals surface area contributed by atoms with Gasteiger partial charge in [0.05, 0.1) is 17.1 Å². The Morgan fingerprint density at radius 2 is 1.92 bits per heavy atom. The highest BCUT2D eigenvalue weighted by Crippen LogP contribution is 2.33. The van der Waals surface area contributed by atoms with Crippen molar-refractivity contribution in [3.63, 3.8) is 0 Å². The predicted octanol–water partition coefficient (Wildman–Crippen LogP) is 4.43. The molecule has 5 nitrogen and oxygen atoms in total. The van der Waals surface area contributed by atoms with Gasteiger partial charge in [-0.15, -0.1) is 0 Å². The molecule has 0 radical (unpaired) electrons. The van der Waals surface area contributed by atoms with Crippen LogP contribution in [-0.4, -0.2) is 27.0 Å². The van der Waals surface area contributed by atoms with Gasteiger partial charge in [-0.1, -0.05) is 30.3 Å². The van der Waals surface area contributed by atoms with Gasteiger partial charge >= 0.3 is 6.03 Å². The topological polar surface area (TPSA) is 50.2 Å². The fourth-order valence-corrected chi connectivity index (χ4v) is 3.68. The van der Waals surface area contributed by atoms with Crippen molar-refractivity contribution in [2.24, 2.45) is 0 Å². The average Bonchev–Trinajstić information content (AvgIpc) is 3.26. The zero-order chi connectivity index (χ0) is 17.2. The summed E-state index contributed by atoms with van der Waals surface area (Å²) in [4.78, 5) is 19.6. The van der Waals surface area contributed by atoms with E-state index in [1.807, 2.05) is 53.4 Å². The smallest absolute Gasteiger partial charge is 0.322 e. The van der Waals surface area contributed by atoms with E-state index in [0.717, 1.165) is 48.5 Å². The van der Waals surface area contributed by atoms with Crippen LogP contribution in [0.5, 0.6) is 0 Å². The number of aromatic nitrogens is 2. The van der Waals surface area contributed by atoms with E-state index in [1.54, 1.807) is 0 Å². The zero-order valence-corrected chi connectivity index (χ0v) is 14.4. The molecule has 1 aromatic heterocycles. The van der Waals surface area contributed by atoms with Crippen molar-refractivity contribution in [3.05, 3.63) is 60.4 Å². The standard InChI is InChI=1S/C20H22N4O/c1-2-23-17-12-7-6-11-16(17)22-19(23)18-13-8-14-24(18)20(25)21-15-9-4-3-5-10-15/h3-7,9-12,18H,2,8,13-14H2,1H3,(H,21,25). The molecule has 1 aliphatic heterocycles. The SMILES string of the molecule is CCn1c(C2CCCN2C(=O)Nc2ccccc2)nc2ccccc21. The quantitative estimate of drug-likeness (QED) is 0.770. The van der Waals surface area contributed by atoms with Crippen molar-refractivity contribution in [2.45, 2.75) is 32.4 Å². The first kappa shape index (κ1) is 15.7. The van der Waals surface area contributed by atoms with Crippen LogP contribution in [0.15, 0.2) is 54.6 Å². The summed E-state index contributed by atoms with van der Waals surface area (Å²) in [7, 11) is 0.